The van der Waals surface area contributed by atoms with E-state index in [0.29, 0.717) is 0 Å². The fourth-order valence-electron chi connectivity index (χ4n) is 1.46. The van der Waals surface area contributed by atoms with Crippen LogP contribution >= 0.6 is 11.8 Å². The number of hydrogen-bond acceptors (Lipinski definition) is 2. The molecular formula is C14H23N3S. The summed E-state index contributed by atoms with van der Waals surface area (Å²) in [6, 6.07) is 8.63. The van der Waals surface area contributed by atoms with Crippen LogP contribution in [0.1, 0.15) is 19.4 Å². The zero-order valence-electron chi connectivity index (χ0n) is 11.5. The first-order valence-electron chi connectivity index (χ1n) is 6.48. The van der Waals surface area contributed by atoms with Crippen LogP contribution < -0.4 is 10.6 Å². The normalized spacial score (nSPS) is 9.94. The first-order chi connectivity index (χ1) is 8.76. The summed E-state index contributed by atoms with van der Waals surface area (Å²) in [5.41, 5.74) is 1.30. The fraction of sp³-hybridized carbons (Fsp3) is 0.500. The third kappa shape index (κ3) is 5.96. The molecule has 1 aromatic carbocycles. The summed E-state index contributed by atoms with van der Waals surface area (Å²) in [6.07, 6.45) is 0. The third-order valence-electron chi connectivity index (χ3n) is 2.34. The molecule has 0 spiro atoms. The molecule has 4 heteroatoms. The second-order valence-electron chi connectivity index (χ2n) is 3.95. The van der Waals surface area contributed by atoms with E-state index in [2.05, 4.69) is 60.7 Å². The number of nitrogens with one attached hydrogen (secondary N) is 2. The molecule has 3 nitrogen and oxygen atoms in total. The van der Waals surface area contributed by atoms with Crippen LogP contribution in [-0.2, 0) is 0 Å². The summed E-state index contributed by atoms with van der Waals surface area (Å²) in [4.78, 5) is 5.82. The summed E-state index contributed by atoms with van der Waals surface area (Å²) < 4.78 is 0. The van der Waals surface area contributed by atoms with E-state index >= 15 is 0 Å². The second kappa shape index (κ2) is 8.86. The lowest BCUT2D eigenvalue weighted by atomic mass is 10.2. The number of aliphatic imine (C=N–C) groups is 1. The Kier molecular flexibility index (Phi) is 7.34. The summed E-state index contributed by atoms with van der Waals surface area (Å²) in [7, 11) is 0. The van der Waals surface area contributed by atoms with Crippen molar-refractivity contribution in [1.29, 1.82) is 0 Å². The highest BCUT2D eigenvalue weighted by Gasteiger charge is 1.95. The van der Waals surface area contributed by atoms with Crippen molar-refractivity contribution in [3.63, 3.8) is 0 Å². The molecule has 0 aromatic heterocycles. The van der Waals surface area contributed by atoms with E-state index in [0.717, 1.165) is 31.3 Å². The van der Waals surface area contributed by atoms with Gasteiger partial charge in [-0.1, -0.05) is 17.7 Å². The van der Waals surface area contributed by atoms with Gasteiger partial charge in [0.2, 0.25) is 0 Å². The molecule has 0 aliphatic heterocycles. The largest absolute Gasteiger partial charge is 0.357 e. The molecule has 0 unspecified atom stereocenters. The summed E-state index contributed by atoms with van der Waals surface area (Å²) in [6.45, 7) is 8.89. The van der Waals surface area contributed by atoms with E-state index in [4.69, 9.17) is 0 Å². The van der Waals surface area contributed by atoms with Gasteiger partial charge in [0.05, 0.1) is 6.54 Å². The number of nitrogens with zero attached hydrogens (tertiary/aromatic N) is 1. The van der Waals surface area contributed by atoms with Crippen molar-refractivity contribution >= 4 is 17.7 Å². The Morgan fingerprint density at radius 3 is 2.28 bits per heavy atom. The van der Waals surface area contributed by atoms with Crippen molar-refractivity contribution in [3.8, 4) is 0 Å². The van der Waals surface area contributed by atoms with Crippen molar-refractivity contribution in [1.82, 2.24) is 10.6 Å². The number of benzene rings is 1. The van der Waals surface area contributed by atoms with Gasteiger partial charge in [0.1, 0.15) is 0 Å². The smallest absolute Gasteiger partial charge is 0.191 e. The Morgan fingerprint density at radius 1 is 1.11 bits per heavy atom. The molecule has 0 saturated carbocycles. The standard InChI is InChI=1S/C14H23N3S/c1-4-15-14(16-5-2)17-10-11-18-13-8-6-12(3)7-9-13/h6-9H,4-5,10-11H2,1-3H3,(H2,15,16,17). The number of hydrogen-bond donors (Lipinski definition) is 2. The van der Waals surface area contributed by atoms with Crippen LogP contribution in [0.4, 0.5) is 0 Å². The van der Waals surface area contributed by atoms with Gasteiger partial charge < -0.3 is 10.6 Å². The van der Waals surface area contributed by atoms with Gasteiger partial charge in [-0.05, 0) is 32.9 Å². The Morgan fingerprint density at radius 2 is 1.72 bits per heavy atom. The molecule has 0 radical (unpaired) electrons. The summed E-state index contributed by atoms with van der Waals surface area (Å²) in [5, 5.41) is 6.44. The van der Waals surface area contributed by atoms with Gasteiger partial charge in [-0.25, -0.2) is 0 Å². The molecule has 0 fully saturated rings. The Bertz CT molecular complexity index is 352. The first-order valence-corrected chi connectivity index (χ1v) is 7.46. The van der Waals surface area contributed by atoms with Gasteiger partial charge in [-0.15, -0.1) is 11.8 Å². The summed E-state index contributed by atoms with van der Waals surface area (Å²) >= 11 is 1.84. The Hall–Kier alpha value is -1.16. The fourth-order valence-corrected chi connectivity index (χ4v) is 2.21. The predicted molar refractivity (Wildman–Crippen MR) is 81.6 cm³/mol. The molecule has 0 heterocycles. The molecule has 1 rings (SSSR count). The Labute approximate surface area is 114 Å². The zero-order chi connectivity index (χ0) is 13.2. The zero-order valence-corrected chi connectivity index (χ0v) is 12.3. The highest BCUT2D eigenvalue weighted by atomic mass is 32.2. The molecular weight excluding hydrogens is 242 g/mol. The van der Waals surface area contributed by atoms with Crippen LogP contribution in [0.5, 0.6) is 0 Å². The quantitative estimate of drug-likeness (QED) is 0.359. The predicted octanol–water partition coefficient (Wildman–Crippen LogP) is 2.66. The maximum Gasteiger partial charge on any atom is 0.191 e. The molecule has 100 valence electrons. The van der Waals surface area contributed by atoms with Gasteiger partial charge in [-0.2, -0.15) is 0 Å². The number of thioether (sulfide) groups is 1. The van der Waals surface area contributed by atoms with Gasteiger partial charge >= 0.3 is 0 Å². The topological polar surface area (TPSA) is 36.4 Å². The highest BCUT2D eigenvalue weighted by Crippen LogP contribution is 2.17. The average Bonchev–Trinajstić information content (AvgIpc) is 2.37. The lowest BCUT2D eigenvalue weighted by Crippen LogP contribution is -2.37. The molecule has 0 bridgehead atoms. The Balaban J connectivity index is 2.31. The minimum absolute atomic E-state index is 0.827. The van der Waals surface area contributed by atoms with Crippen LogP contribution in [0.3, 0.4) is 0 Å². The lowest BCUT2D eigenvalue weighted by Gasteiger charge is -2.08. The highest BCUT2D eigenvalue weighted by molar-refractivity contribution is 7.99. The number of guanidine groups is 1. The van der Waals surface area contributed by atoms with Crippen LogP contribution in [0, 0.1) is 6.92 Å². The van der Waals surface area contributed by atoms with E-state index in [1.807, 2.05) is 11.8 Å². The van der Waals surface area contributed by atoms with Gasteiger partial charge in [0.25, 0.3) is 0 Å². The third-order valence-corrected chi connectivity index (χ3v) is 3.33. The van der Waals surface area contributed by atoms with Crippen LogP contribution in [0.15, 0.2) is 34.2 Å². The van der Waals surface area contributed by atoms with Crippen molar-refractivity contribution in [2.75, 3.05) is 25.4 Å². The lowest BCUT2D eigenvalue weighted by molar-refractivity contribution is 0.846. The van der Waals surface area contributed by atoms with Gasteiger partial charge in [-0.3, -0.25) is 4.99 Å². The monoisotopic (exact) mass is 265 g/mol. The average molecular weight is 265 g/mol. The van der Waals surface area contributed by atoms with Crippen LogP contribution in [0.25, 0.3) is 0 Å². The molecule has 0 saturated heterocycles. The number of rotatable bonds is 6. The first kappa shape index (κ1) is 14.9. The van der Waals surface area contributed by atoms with Crippen LogP contribution in [-0.4, -0.2) is 31.3 Å². The molecule has 18 heavy (non-hydrogen) atoms. The molecule has 0 aliphatic rings. The van der Waals surface area contributed by atoms with Gasteiger partial charge in [0, 0.05) is 23.7 Å². The maximum atomic E-state index is 4.51. The minimum Gasteiger partial charge on any atom is -0.357 e. The number of aryl methyl sites for hydroxylation is 1. The second-order valence-corrected chi connectivity index (χ2v) is 5.12. The molecule has 0 aliphatic carbocycles. The van der Waals surface area contributed by atoms with Gasteiger partial charge in [0.15, 0.2) is 5.96 Å². The van der Waals surface area contributed by atoms with E-state index in [-0.39, 0.29) is 0 Å². The molecule has 2 N–H and O–H groups in total. The minimum atomic E-state index is 0.827. The van der Waals surface area contributed by atoms with Crippen LogP contribution in [0.2, 0.25) is 0 Å². The van der Waals surface area contributed by atoms with E-state index in [9.17, 15) is 0 Å². The summed E-state index contributed by atoms with van der Waals surface area (Å²) in [5.74, 6) is 1.91. The SMILES string of the molecule is CCNC(=NCCSc1ccc(C)cc1)NCC. The van der Waals surface area contributed by atoms with Crippen molar-refractivity contribution in [2.24, 2.45) is 4.99 Å². The van der Waals surface area contributed by atoms with Crippen molar-refractivity contribution < 1.29 is 0 Å². The van der Waals surface area contributed by atoms with E-state index < -0.39 is 0 Å². The maximum absolute atomic E-state index is 4.51. The van der Waals surface area contributed by atoms with E-state index in [1.165, 1.54) is 10.5 Å². The van der Waals surface area contributed by atoms with Crippen molar-refractivity contribution in [2.45, 2.75) is 25.7 Å². The molecule has 0 amide bonds. The van der Waals surface area contributed by atoms with Crippen molar-refractivity contribution in [3.05, 3.63) is 29.8 Å². The molecule has 1 aromatic rings. The van der Waals surface area contributed by atoms with E-state index in [1.54, 1.807) is 0 Å². The molecule has 0 atom stereocenters.